The van der Waals surface area contributed by atoms with Crippen LogP contribution >= 0.6 is 0 Å². The van der Waals surface area contributed by atoms with Gasteiger partial charge < -0.3 is 14.8 Å². The van der Waals surface area contributed by atoms with E-state index in [1.165, 1.54) is 13.2 Å². The lowest BCUT2D eigenvalue weighted by Gasteiger charge is -2.15. The van der Waals surface area contributed by atoms with Crippen LogP contribution in [-0.2, 0) is 9.53 Å². The van der Waals surface area contributed by atoms with Crippen molar-refractivity contribution in [3.8, 4) is 5.75 Å². The van der Waals surface area contributed by atoms with Gasteiger partial charge in [0.15, 0.2) is 6.61 Å². The predicted octanol–water partition coefficient (Wildman–Crippen LogP) is 2.44. The van der Waals surface area contributed by atoms with Gasteiger partial charge in [-0.15, -0.1) is 0 Å². The smallest absolute Gasteiger partial charge is 0.343 e. The SMILES string of the molecule is CCCNC(C)c1ccc(OCC(=O)OC)cc1F. The van der Waals surface area contributed by atoms with E-state index in [-0.39, 0.29) is 18.5 Å². The van der Waals surface area contributed by atoms with Gasteiger partial charge in [0, 0.05) is 17.7 Å². The molecule has 0 heterocycles. The van der Waals surface area contributed by atoms with Crippen LogP contribution in [0.1, 0.15) is 31.9 Å². The zero-order valence-corrected chi connectivity index (χ0v) is 11.5. The summed E-state index contributed by atoms with van der Waals surface area (Å²) >= 11 is 0. The summed E-state index contributed by atoms with van der Waals surface area (Å²) in [6.07, 6.45) is 0.992. The highest BCUT2D eigenvalue weighted by Gasteiger charge is 2.11. The molecule has 4 nitrogen and oxygen atoms in total. The number of halogens is 1. The third-order valence-corrected chi connectivity index (χ3v) is 2.72. The van der Waals surface area contributed by atoms with Gasteiger partial charge in [-0.25, -0.2) is 9.18 Å². The van der Waals surface area contributed by atoms with E-state index in [4.69, 9.17) is 4.74 Å². The highest BCUT2D eigenvalue weighted by molar-refractivity contribution is 5.70. The Morgan fingerprint density at radius 1 is 1.47 bits per heavy atom. The van der Waals surface area contributed by atoms with Crippen LogP contribution in [0.5, 0.6) is 5.75 Å². The maximum atomic E-state index is 13.9. The van der Waals surface area contributed by atoms with Crippen molar-refractivity contribution in [3.63, 3.8) is 0 Å². The Morgan fingerprint density at radius 2 is 2.21 bits per heavy atom. The fourth-order valence-corrected chi connectivity index (χ4v) is 1.62. The first kappa shape index (κ1) is 15.4. The van der Waals surface area contributed by atoms with E-state index in [2.05, 4.69) is 17.0 Å². The van der Waals surface area contributed by atoms with E-state index in [0.717, 1.165) is 13.0 Å². The van der Waals surface area contributed by atoms with Crippen LogP contribution in [0, 0.1) is 5.82 Å². The van der Waals surface area contributed by atoms with E-state index in [9.17, 15) is 9.18 Å². The van der Waals surface area contributed by atoms with Crippen LogP contribution in [0.4, 0.5) is 4.39 Å². The third-order valence-electron chi connectivity index (χ3n) is 2.72. The zero-order chi connectivity index (χ0) is 14.3. The fraction of sp³-hybridized carbons (Fsp3) is 0.500. The van der Waals surface area contributed by atoms with Gasteiger partial charge in [-0.05, 0) is 26.0 Å². The van der Waals surface area contributed by atoms with Gasteiger partial charge in [0.1, 0.15) is 11.6 Å². The molecule has 1 N–H and O–H groups in total. The van der Waals surface area contributed by atoms with Gasteiger partial charge in [0.05, 0.1) is 7.11 Å². The van der Waals surface area contributed by atoms with Gasteiger partial charge in [-0.3, -0.25) is 0 Å². The average molecular weight is 269 g/mol. The van der Waals surface area contributed by atoms with Crippen molar-refractivity contribution in [3.05, 3.63) is 29.6 Å². The summed E-state index contributed by atoms with van der Waals surface area (Å²) in [5.74, 6) is -0.532. The molecule has 0 aliphatic heterocycles. The zero-order valence-electron chi connectivity index (χ0n) is 11.5. The third kappa shape index (κ3) is 4.87. The lowest BCUT2D eigenvalue weighted by atomic mass is 10.1. The second-order valence-electron chi connectivity index (χ2n) is 4.22. The normalized spacial score (nSPS) is 12.0. The van der Waals surface area contributed by atoms with Gasteiger partial charge >= 0.3 is 5.97 Å². The maximum absolute atomic E-state index is 13.9. The number of hydrogen-bond acceptors (Lipinski definition) is 4. The molecule has 5 heteroatoms. The number of carbonyl (C=O) groups is 1. The van der Waals surface area contributed by atoms with Crippen LogP contribution in [0.25, 0.3) is 0 Å². The maximum Gasteiger partial charge on any atom is 0.343 e. The van der Waals surface area contributed by atoms with E-state index in [0.29, 0.717) is 11.3 Å². The Hall–Kier alpha value is -1.62. The molecule has 1 aromatic carbocycles. The number of methoxy groups -OCH3 is 1. The second kappa shape index (κ2) is 7.74. The number of hydrogen-bond donors (Lipinski definition) is 1. The molecule has 0 aromatic heterocycles. The van der Waals surface area contributed by atoms with Crippen molar-refractivity contribution in [2.24, 2.45) is 0 Å². The number of ether oxygens (including phenoxy) is 2. The monoisotopic (exact) mass is 269 g/mol. The lowest BCUT2D eigenvalue weighted by Crippen LogP contribution is -2.20. The van der Waals surface area contributed by atoms with Crippen LogP contribution < -0.4 is 10.1 Å². The summed E-state index contributed by atoms with van der Waals surface area (Å²) < 4.78 is 23.5. The Bertz CT molecular complexity index is 423. The summed E-state index contributed by atoms with van der Waals surface area (Å²) in [5.41, 5.74) is 0.582. The Balaban J connectivity index is 2.66. The largest absolute Gasteiger partial charge is 0.482 e. The molecule has 1 rings (SSSR count). The molecule has 1 atom stereocenters. The molecule has 0 aliphatic carbocycles. The first-order chi connectivity index (χ1) is 9.08. The van der Waals surface area contributed by atoms with E-state index >= 15 is 0 Å². The summed E-state index contributed by atoms with van der Waals surface area (Å²) in [6, 6.07) is 4.53. The van der Waals surface area contributed by atoms with Crippen molar-refractivity contribution >= 4 is 5.97 Å². The quantitative estimate of drug-likeness (QED) is 0.772. The average Bonchev–Trinajstić information content (AvgIpc) is 2.42. The first-order valence-corrected chi connectivity index (χ1v) is 6.31. The van der Waals surface area contributed by atoms with Crippen molar-refractivity contribution in [1.29, 1.82) is 0 Å². The number of carbonyl (C=O) groups excluding carboxylic acids is 1. The molecule has 0 bridgehead atoms. The standard InChI is InChI=1S/C14H20FNO3/c1-4-7-16-10(2)12-6-5-11(8-13(12)15)19-9-14(17)18-3/h5-6,8,10,16H,4,7,9H2,1-3H3. The molecular weight excluding hydrogens is 249 g/mol. The summed E-state index contributed by atoms with van der Waals surface area (Å²) in [7, 11) is 1.27. The minimum atomic E-state index is -0.498. The van der Waals surface area contributed by atoms with Crippen LogP contribution in [0.3, 0.4) is 0 Å². The predicted molar refractivity (Wildman–Crippen MR) is 70.6 cm³/mol. The highest BCUT2D eigenvalue weighted by Crippen LogP contribution is 2.21. The molecule has 19 heavy (non-hydrogen) atoms. The van der Waals surface area contributed by atoms with Crippen molar-refractivity contribution < 1.29 is 18.7 Å². The fourth-order valence-electron chi connectivity index (χ4n) is 1.62. The minimum absolute atomic E-state index is 0.0605. The minimum Gasteiger partial charge on any atom is -0.482 e. The molecule has 0 amide bonds. The number of nitrogens with one attached hydrogen (secondary N) is 1. The summed E-state index contributed by atoms with van der Waals surface area (Å²) in [6.45, 7) is 4.57. The van der Waals surface area contributed by atoms with E-state index in [1.807, 2.05) is 6.92 Å². The Kier molecular flexibility index (Phi) is 6.29. The van der Waals surface area contributed by atoms with Crippen LogP contribution in [0.2, 0.25) is 0 Å². The molecule has 1 aromatic rings. The Morgan fingerprint density at radius 3 is 2.79 bits per heavy atom. The van der Waals surface area contributed by atoms with Gasteiger partial charge in [-0.2, -0.15) is 0 Å². The summed E-state index contributed by atoms with van der Waals surface area (Å²) in [4.78, 5) is 10.9. The molecule has 0 aliphatic rings. The van der Waals surface area contributed by atoms with E-state index in [1.54, 1.807) is 12.1 Å². The number of esters is 1. The molecule has 0 radical (unpaired) electrons. The Labute approximate surface area is 112 Å². The van der Waals surface area contributed by atoms with Gasteiger partial charge in [0.25, 0.3) is 0 Å². The lowest BCUT2D eigenvalue weighted by molar-refractivity contribution is -0.142. The second-order valence-corrected chi connectivity index (χ2v) is 4.22. The van der Waals surface area contributed by atoms with Crippen LogP contribution in [-0.4, -0.2) is 26.2 Å². The highest BCUT2D eigenvalue weighted by atomic mass is 19.1. The van der Waals surface area contributed by atoms with Crippen molar-refractivity contribution in [2.75, 3.05) is 20.3 Å². The van der Waals surface area contributed by atoms with Crippen molar-refractivity contribution in [1.82, 2.24) is 5.32 Å². The van der Waals surface area contributed by atoms with Gasteiger partial charge in [-0.1, -0.05) is 13.0 Å². The van der Waals surface area contributed by atoms with Gasteiger partial charge in [0.2, 0.25) is 0 Å². The van der Waals surface area contributed by atoms with Crippen molar-refractivity contribution in [2.45, 2.75) is 26.3 Å². The molecule has 0 saturated heterocycles. The molecule has 0 fully saturated rings. The number of benzene rings is 1. The molecule has 106 valence electrons. The number of rotatable bonds is 7. The van der Waals surface area contributed by atoms with E-state index < -0.39 is 5.97 Å². The summed E-state index contributed by atoms with van der Waals surface area (Å²) in [5, 5.41) is 3.21. The first-order valence-electron chi connectivity index (χ1n) is 6.31. The van der Waals surface area contributed by atoms with Crippen LogP contribution in [0.15, 0.2) is 18.2 Å². The molecule has 1 unspecified atom stereocenters. The topological polar surface area (TPSA) is 47.6 Å². The molecule has 0 saturated carbocycles. The molecule has 0 spiro atoms. The molecular formula is C14H20FNO3.